The van der Waals surface area contributed by atoms with Gasteiger partial charge in [0, 0.05) is 36.6 Å². The number of carbonyl (C=O) groups excluding carboxylic acids is 1. The molecule has 2 aliphatic rings. The molecule has 1 aromatic carbocycles. The lowest BCUT2D eigenvalue weighted by atomic mass is 10.1. The second kappa shape index (κ2) is 5.02. The van der Waals surface area contributed by atoms with Crippen LogP contribution < -0.4 is 5.32 Å². The van der Waals surface area contributed by atoms with Crippen LogP contribution in [0.5, 0.6) is 0 Å². The fraction of sp³-hybridized carbons (Fsp3) is 0.500. The molecule has 0 radical (unpaired) electrons. The minimum atomic E-state index is 0.226. The van der Waals surface area contributed by atoms with Crippen molar-refractivity contribution < 1.29 is 4.79 Å². The van der Waals surface area contributed by atoms with Crippen molar-refractivity contribution in [1.82, 2.24) is 10.2 Å². The van der Waals surface area contributed by atoms with Crippen molar-refractivity contribution in [2.75, 3.05) is 26.2 Å². The van der Waals surface area contributed by atoms with E-state index in [9.17, 15) is 4.79 Å². The van der Waals surface area contributed by atoms with E-state index in [1.54, 1.807) is 0 Å². The molecule has 1 saturated heterocycles. The van der Waals surface area contributed by atoms with Crippen molar-refractivity contribution in [3.63, 3.8) is 0 Å². The molecule has 4 heteroatoms. The van der Waals surface area contributed by atoms with Gasteiger partial charge in [-0.25, -0.2) is 0 Å². The molecule has 1 aliphatic carbocycles. The van der Waals surface area contributed by atoms with Crippen molar-refractivity contribution in [3.05, 3.63) is 34.3 Å². The monoisotopic (exact) mass is 308 g/mol. The standard InChI is InChI=1S/C14H17BrN2O/c15-11-3-1-10(2-4-11)12-9-13(12)14(18)17-7-5-16-6-8-17/h1-4,12-13,16H,5-9H2. The van der Waals surface area contributed by atoms with E-state index in [0.29, 0.717) is 11.8 Å². The summed E-state index contributed by atoms with van der Waals surface area (Å²) < 4.78 is 1.09. The van der Waals surface area contributed by atoms with Crippen LogP contribution in [0.4, 0.5) is 0 Å². The molecule has 96 valence electrons. The molecule has 1 saturated carbocycles. The number of halogens is 1. The summed E-state index contributed by atoms with van der Waals surface area (Å²) in [5.74, 6) is 1.02. The molecule has 0 bridgehead atoms. The van der Waals surface area contributed by atoms with Gasteiger partial charge in [0.25, 0.3) is 0 Å². The Balaban J connectivity index is 1.63. The SMILES string of the molecule is O=C(C1CC1c1ccc(Br)cc1)N1CCNCC1. The van der Waals surface area contributed by atoms with E-state index in [0.717, 1.165) is 37.1 Å². The second-order valence-electron chi connectivity index (χ2n) is 5.08. The second-order valence-corrected chi connectivity index (χ2v) is 5.99. The lowest BCUT2D eigenvalue weighted by molar-refractivity contribution is -0.133. The maximum absolute atomic E-state index is 12.3. The molecule has 18 heavy (non-hydrogen) atoms. The predicted molar refractivity (Wildman–Crippen MR) is 74.4 cm³/mol. The highest BCUT2D eigenvalue weighted by Crippen LogP contribution is 2.48. The third-order valence-corrected chi connectivity index (χ3v) is 4.36. The third kappa shape index (κ3) is 2.45. The number of hydrogen-bond acceptors (Lipinski definition) is 2. The molecule has 3 nitrogen and oxygen atoms in total. The summed E-state index contributed by atoms with van der Waals surface area (Å²) in [7, 11) is 0. The summed E-state index contributed by atoms with van der Waals surface area (Å²) in [4.78, 5) is 14.3. The normalized spacial score (nSPS) is 27.1. The van der Waals surface area contributed by atoms with Crippen LogP contribution in [-0.2, 0) is 4.79 Å². The Morgan fingerprint density at radius 3 is 2.56 bits per heavy atom. The molecular formula is C14H17BrN2O. The molecule has 1 heterocycles. The largest absolute Gasteiger partial charge is 0.340 e. The van der Waals surface area contributed by atoms with Gasteiger partial charge in [-0.1, -0.05) is 28.1 Å². The van der Waals surface area contributed by atoms with Gasteiger partial charge in [0.05, 0.1) is 0 Å². The minimum absolute atomic E-state index is 0.226. The van der Waals surface area contributed by atoms with Crippen LogP contribution in [-0.4, -0.2) is 37.0 Å². The Morgan fingerprint density at radius 2 is 1.89 bits per heavy atom. The zero-order valence-electron chi connectivity index (χ0n) is 10.2. The number of carbonyl (C=O) groups is 1. The molecule has 3 rings (SSSR count). The first-order chi connectivity index (χ1) is 8.75. The molecule has 0 spiro atoms. The van der Waals surface area contributed by atoms with Gasteiger partial charge in [-0.05, 0) is 30.0 Å². The van der Waals surface area contributed by atoms with E-state index < -0.39 is 0 Å². The number of hydrogen-bond donors (Lipinski definition) is 1. The molecule has 1 N–H and O–H groups in total. The van der Waals surface area contributed by atoms with Crippen molar-refractivity contribution in [2.24, 2.45) is 5.92 Å². The fourth-order valence-corrected chi connectivity index (χ4v) is 2.93. The summed E-state index contributed by atoms with van der Waals surface area (Å²) in [5, 5.41) is 3.28. The zero-order chi connectivity index (χ0) is 12.5. The highest BCUT2D eigenvalue weighted by atomic mass is 79.9. The van der Waals surface area contributed by atoms with E-state index in [-0.39, 0.29) is 5.92 Å². The third-order valence-electron chi connectivity index (χ3n) is 3.83. The minimum Gasteiger partial charge on any atom is -0.340 e. The summed E-state index contributed by atoms with van der Waals surface area (Å²) in [6, 6.07) is 8.36. The predicted octanol–water partition coefficient (Wildman–Crippen LogP) is 1.98. The van der Waals surface area contributed by atoms with Gasteiger partial charge in [0.2, 0.25) is 5.91 Å². The lowest BCUT2D eigenvalue weighted by Gasteiger charge is -2.27. The number of rotatable bonds is 2. The number of nitrogens with zero attached hydrogens (tertiary/aromatic N) is 1. The molecule has 2 fully saturated rings. The smallest absolute Gasteiger partial charge is 0.226 e. The number of nitrogens with one attached hydrogen (secondary N) is 1. The summed E-state index contributed by atoms with van der Waals surface area (Å²) >= 11 is 3.44. The van der Waals surface area contributed by atoms with Crippen molar-refractivity contribution in [3.8, 4) is 0 Å². The van der Waals surface area contributed by atoms with Crippen LogP contribution >= 0.6 is 15.9 Å². The van der Waals surface area contributed by atoms with Gasteiger partial charge in [0.1, 0.15) is 0 Å². The topological polar surface area (TPSA) is 32.3 Å². The van der Waals surface area contributed by atoms with Gasteiger partial charge in [0.15, 0.2) is 0 Å². The Morgan fingerprint density at radius 1 is 1.22 bits per heavy atom. The fourth-order valence-electron chi connectivity index (χ4n) is 2.67. The first-order valence-electron chi connectivity index (χ1n) is 6.50. The van der Waals surface area contributed by atoms with Gasteiger partial charge >= 0.3 is 0 Å². The molecule has 0 aromatic heterocycles. The first kappa shape index (κ1) is 12.2. The van der Waals surface area contributed by atoms with Gasteiger partial charge in [-0.15, -0.1) is 0 Å². The quantitative estimate of drug-likeness (QED) is 0.906. The van der Waals surface area contributed by atoms with E-state index in [1.807, 2.05) is 4.90 Å². The number of benzene rings is 1. The first-order valence-corrected chi connectivity index (χ1v) is 7.30. The Bertz CT molecular complexity index is 440. The summed E-state index contributed by atoms with van der Waals surface area (Å²) in [6.45, 7) is 3.59. The Kier molecular flexibility index (Phi) is 3.39. The maximum Gasteiger partial charge on any atom is 0.226 e. The van der Waals surface area contributed by atoms with Crippen molar-refractivity contribution in [2.45, 2.75) is 12.3 Å². The van der Waals surface area contributed by atoms with E-state index in [1.165, 1.54) is 5.56 Å². The van der Waals surface area contributed by atoms with Crippen LogP contribution in [0.3, 0.4) is 0 Å². The van der Waals surface area contributed by atoms with Crippen LogP contribution in [0, 0.1) is 5.92 Å². The lowest BCUT2D eigenvalue weighted by Crippen LogP contribution is -2.47. The molecule has 1 aromatic rings. The Hall–Kier alpha value is -0.870. The van der Waals surface area contributed by atoms with Crippen molar-refractivity contribution in [1.29, 1.82) is 0 Å². The van der Waals surface area contributed by atoms with E-state index in [2.05, 4.69) is 45.5 Å². The number of amides is 1. The molecule has 1 amide bonds. The molecule has 2 atom stereocenters. The summed E-state index contributed by atoms with van der Waals surface area (Å²) in [5.41, 5.74) is 1.30. The van der Waals surface area contributed by atoms with Crippen LogP contribution in [0.15, 0.2) is 28.7 Å². The van der Waals surface area contributed by atoms with E-state index >= 15 is 0 Å². The highest BCUT2D eigenvalue weighted by Gasteiger charge is 2.45. The number of piperazine rings is 1. The molecular weight excluding hydrogens is 292 g/mol. The average Bonchev–Trinajstić information content (AvgIpc) is 3.20. The zero-order valence-corrected chi connectivity index (χ0v) is 11.8. The average molecular weight is 309 g/mol. The Labute approximate surface area is 116 Å². The van der Waals surface area contributed by atoms with Crippen LogP contribution in [0.1, 0.15) is 17.9 Å². The molecule has 1 aliphatic heterocycles. The van der Waals surface area contributed by atoms with Crippen LogP contribution in [0.25, 0.3) is 0 Å². The van der Waals surface area contributed by atoms with Gasteiger partial charge in [-0.3, -0.25) is 4.79 Å². The van der Waals surface area contributed by atoms with Gasteiger partial charge in [-0.2, -0.15) is 0 Å². The molecule has 2 unspecified atom stereocenters. The van der Waals surface area contributed by atoms with E-state index in [4.69, 9.17) is 0 Å². The van der Waals surface area contributed by atoms with Gasteiger partial charge < -0.3 is 10.2 Å². The summed E-state index contributed by atoms with van der Waals surface area (Å²) in [6.07, 6.45) is 1.02. The highest BCUT2D eigenvalue weighted by molar-refractivity contribution is 9.10. The van der Waals surface area contributed by atoms with Crippen molar-refractivity contribution >= 4 is 21.8 Å². The maximum atomic E-state index is 12.3. The van der Waals surface area contributed by atoms with Crippen LogP contribution in [0.2, 0.25) is 0 Å².